The van der Waals surface area contributed by atoms with Crippen LogP contribution in [0.1, 0.15) is 0 Å². The lowest BCUT2D eigenvalue weighted by Crippen LogP contribution is -2.24. The van der Waals surface area contributed by atoms with Gasteiger partial charge in [0, 0.05) is 36.9 Å². The summed E-state index contributed by atoms with van der Waals surface area (Å²) >= 11 is 15.3. The van der Waals surface area contributed by atoms with Crippen molar-refractivity contribution in [3.8, 4) is 0 Å². The molecule has 0 aliphatic rings. The van der Waals surface area contributed by atoms with Crippen molar-refractivity contribution in [1.82, 2.24) is 10.6 Å². The van der Waals surface area contributed by atoms with Gasteiger partial charge in [-0.3, -0.25) is 0 Å². The van der Waals surface area contributed by atoms with Gasteiger partial charge >= 0.3 is 12.2 Å². The molecule has 0 spiro atoms. The number of alkyl carbamates (subject to hydrolysis) is 2. The summed E-state index contributed by atoms with van der Waals surface area (Å²) in [7, 11) is 0. The van der Waals surface area contributed by atoms with E-state index in [-0.39, 0.29) is 17.8 Å². The van der Waals surface area contributed by atoms with E-state index in [1.165, 1.54) is 71.6 Å². The van der Waals surface area contributed by atoms with E-state index in [2.05, 4.69) is 20.6 Å². The SMILES string of the molecule is O=C(NCSCSCN=COOCSCSCO)OCCSCSCCOOC=NCSCSCNC(=O)OCSCSCO. The number of aliphatic hydroxyl groups excluding tert-OH is 2. The Morgan fingerprint density at radius 3 is 1.71 bits per heavy atom. The van der Waals surface area contributed by atoms with Crippen LogP contribution in [0.5, 0.6) is 0 Å². The molecule has 0 rings (SSSR count). The summed E-state index contributed by atoms with van der Waals surface area (Å²) in [5, 5.41) is 26.4. The zero-order valence-electron chi connectivity index (χ0n) is 24.3. The lowest BCUT2D eigenvalue weighted by atomic mass is 10.8. The second-order valence-electron chi connectivity index (χ2n) is 6.71. The summed E-state index contributed by atoms with van der Waals surface area (Å²) in [4.78, 5) is 50.9. The Morgan fingerprint density at radius 2 is 1.09 bits per heavy atom. The minimum atomic E-state index is -0.458. The average Bonchev–Trinajstić information content (AvgIpc) is 3.04. The maximum absolute atomic E-state index is 11.7. The van der Waals surface area contributed by atoms with Gasteiger partial charge in [0.15, 0.2) is 0 Å². The van der Waals surface area contributed by atoms with Crippen molar-refractivity contribution >= 4 is 143 Å². The number of nitrogens with zero attached hydrogens (tertiary/aromatic N) is 2. The largest absolute Gasteiger partial charge is 0.449 e. The number of nitrogens with one attached hydrogen (secondary N) is 2. The van der Waals surface area contributed by atoms with Crippen LogP contribution in [0.3, 0.4) is 0 Å². The predicted octanol–water partition coefficient (Wildman–Crippen LogP) is 5.16. The van der Waals surface area contributed by atoms with E-state index in [0.717, 1.165) is 26.1 Å². The number of ether oxygens (including phenoxy) is 2. The first-order valence-corrected chi connectivity index (χ1v) is 24.1. The van der Waals surface area contributed by atoms with E-state index in [0.29, 0.717) is 53.5 Å². The van der Waals surface area contributed by atoms with E-state index in [4.69, 9.17) is 39.2 Å². The van der Waals surface area contributed by atoms with Crippen molar-refractivity contribution in [2.75, 3.05) is 97.4 Å². The Balaban J connectivity index is 3.27. The molecule has 14 nitrogen and oxygen atoms in total. The van der Waals surface area contributed by atoms with Gasteiger partial charge in [0.2, 0.25) is 12.8 Å². The summed E-state index contributed by atoms with van der Waals surface area (Å²) in [6, 6.07) is 0. The molecule has 0 aliphatic carbocycles. The second-order valence-corrected chi connectivity index (χ2v) is 18.4. The van der Waals surface area contributed by atoms with E-state index < -0.39 is 12.2 Å². The van der Waals surface area contributed by atoms with Gasteiger partial charge in [-0.25, -0.2) is 19.6 Å². The van der Waals surface area contributed by atoms with Gasteiger partial charge in [-0.1, -0.05) is 0 Å². The van der Waals surface area contributed by atoms with Gasteiger partial charge in [-0.2, -0.15) is 9.78 Å². The highest BCUT2D eigenvalue weighted by molar-refractivity contribution is 8.17. The highest BCUT2D eigenvalue weighted by Gasteiger charge is 2.02. The molecule has 0 aromatic heterocycles. The molecule has 2 amide bonds. The number of carbonyl (C=O) groups excluding carboxylic acids is 2. The van der Waals surface area contributed by atoms with Crippen LogP contribution < -0.4 is 10.6 Å². The molecule has 0 aromatic rings. The number of hydrogen-bond donors (Lipinski definition) is 4. The van der Waals surface area contributed by atoms with Gasteiger partial charge in [-0.15, -0.1) is 118 Å². The average molecular weight is 829 g/mol. The van der Waals surface area contributed by atoms with Crippen LogP contribution in [0.25, 0.3) is 0 Å². The van der Waals surface area contributed by atoms with Crippen molar-refractivity contribution in [3.63, 3.8) is 0 Å². The molecular formula is C21H40N4O10S10. The van der Waals surface area contributed by atoms with Crippen molar-refractivity contribution in [1.29, 1.82) is 0 Å². The maximum Gasteiger partial charge on any atom is 0.408 e. The first kappa shape index (κ1) is 45.8. The standard InChI is InChI=1S/C21H40N4O10S10/c26-11-42-18-44-13-31-21(29)25-10-41-17-38-7-22-5-33-32-2-4-37-15-36-3-1-30-20(28)24-9-40-16-39-8-23-6-34-35-14-45-19-43-12-27/h5-6,26-27H,1-4,7-19H2,(H,24,28)(H,25,29). The Bertz CT molecular complexity index is 729. The molecule has 0 fully saturated rings. The third-order valence-electron chi connectivity index (χ3n) is 3.53. The monoisotopic (exact) mass is 828 g/mol. The minimum absolute atomic E-state index is 0.0575. The maximum atomic E-state index is 11.7. The number of rotatable bonds is 34. The number of thioether (sulfide) groups is 10. The third-order valence-corrected chi connectivity index (χ3v) is 13.4. The molecule has 0 unspecified atom stereocenters. The molecule has 0 bridgehead atoms. The van der Waals surface area contributed by atoms with Crippen molar-refractivity contribution in [2.45, 2.75) is 0 Å². The number of hydrogen-bond acceptors (Lipinski definition) is 22. The van der Waals surface area contributed by atoms with Gasteiger partial charge in [-0.05, 0) is 0 Å². The Kier molecular flexibility index (Phi) is 41.7. The molecule has 0 heterocycles. The highest BCUT2D eigenvalue weighted by atomic mass is 32.2. The first-order valence-electron chi connectivity index (χ1n) is 12.5. The fourth-order valence-corrected chi connectivity index (χ4v) is 8.99. The normalized spacial score (nSPS) is 11.2. The molecule has 0 radical (unpaired) electrons. The van der Waals surface area contributed by atoms with E-state index in [1.54, 1.807) is 58.8 Å². The summed E-state index contributed by atoms with van der Waals surface area (Å²) in [6.07, 6.45) is 1.63. The number of amides is 2. The van der Waals surface area contributed by atoms with Gasteiger partial charge in [0.05, 0.1) is 35.4 Å². The van der Waals surface area contributed by atoms with Crippen LogP contribution in [-0.2, 0) is 29.0 Å². The second kappa shape index (κ2) is 41.0. The summed E-state index contributed by atoms with van der Waals surface area (Å²) in [5.74, 6) is 4.17. The molecule has 45 heavy (non-hydrogen) atoms. The molecular weight excluding hydrogens is 789 g/mol. The number of carbonyl (C=O) groups is 2. The van der Waals surface area contributed by atoms with Crippen molar-refractivity contribution < 1.29 is 48.8 Å². The van der Waals surface area contributed by atoms with Crippen molar-refractivity contribution in [3.05, 3.63) is 0 Å². The highest BCUT2D eigenvalue weighted by Crippen LogP contribution is 2.14. The summed E-state index contributed by atoms with van der Waals surface area (Å²) < 4.78 is 10.1. The molecule has 0 atom stereocenters. The van der Waals surface area contributed by atoms with Gasteiger partial charge in [0.1, 0.15) is 25.1 Å². The van der Waals surface area contributed by atoms with Crippen LogP contribution in [0, 0.1) is 0 Å². The Labute approximate surface area is 307 Å². The first-order chi connectivity index (χ1) is 22.2. The van der Waals surface area contributed by atoms with Gasteiger partial charge in [0.25, 0.3) is 0 Å². The smallest absolute Gasteiger partial charge is 0.408 e. The van der Waals surface area contributed by atoms with E-state index >= 15 is 0 Å². The van der Waals surface area contributed by atoms with Crippen LogP contribution in [0.15, 0.2) is 9.98 Å². The fraction of sp³-hybridized carbons (Fsp3) is 0.810. The number of aliphatic hydroxyl groups is 2. The quantitative estimate of drug-likeness (QED) is 0.0167. The lowest BCUT2D eigenvalue weighted by molar-refractivity contribution is -0.210. The van der Waals surface area contributed by atoms with Gasteiger partial charge < -0.3 is 40.1 Å². The fourth-order valence-electron chi connectivity index (χ4n) is 1.81. The topological polar surface area (TPSA) is 179 Å². The lowest BCUT2D eigenvalue weighted by Gasteiger charge is -2.06. The third kappa shape index (κ3) is 40.9. The molecule has 0 aromatic carbocycles. The van der Waals surface area contributed by atoms with E-state index in [1.807, 2.05) is 0 Å². The van der Waals surface area contributed by atoms with Crippen LogP contribution in [0.2, 0.25) is 0 Å². The summed E-state index contributed by atoms with van der Waals surface area (Å²) in [6.45, 7) is 0.766. The zero-order chi connectivity index (χ0) is 32.7. The number of aliphatic imine (C=N–C) groups is 2. The van der Waals surface area contributed by atoms with Crippen LogP contribution >= 0.6 is 118 Å². The summed E-state index contributed by atoms with van der Waals surface area (Å²) in [5.41, 5.74) is 0. The predicted molar refractivity (Wildman–Crippen MR) is 204 cm³/mol. The molecule has 0 saturated carbocycles. The molecule has 4 N–H and O–H groups in total. The Hall–Kier alpha value is 0.820. The molecule has 0 aliphatic heterocycles. The zero-order valence-corrected chi connectivity index (χ0v) is 32.5. The Morgan fingerprint density at radius 1 is 0.578 bits per heavy atom. The van der Waals surface area contributed by atoms with E-state index in [9.17, 15) is 9.59 Å². The molecule has 24 heteroatoms. The molecule has 264 valence electrons. The van der Waals surface area contributed by atoms with Crippen LogP contribution in [0.4, 0.5) is 9.59 Å². The minimum Gasteiger partial charge on any atom is -0.449 e. The molecule has 0 saturated heterocycles. The van der Waals surface area contributed by atoms with Crippen LogP contribution in [-0.4, -0.2) is 133 Å². The van der Waals surface area contributed by atoms with Crippen molar-refractivity contribution in [2.24, 2.45) is 9.98 Å².